The molecule has 0 aromatic heterocycles. The maximum Gasteiger partial charge on any atom is 0.0683 e. The van der Waals surface area contributed by atoms with Gasteiger partial charge in [-0.3, -0.25) is 0 Å². The monoisotopic (exact) mass is 326 g/mol. The summed E-state index contributed by atoms with van der Waals surface area (Å²) in [5.41, 5.74) is 5.40. The summed E-state index contributed by atoms with van der Waals surface area (Å²) in [6.07, 6.45) is 1.04. The standard InChI is InChI=1S/C18H34O.2C2H6/c1-10-17(18(7,8)9)15(6)16(11-19)14(5)13(4)12(2)3;2*1-2/h12-13,19H,10-11H2,1-9H3;2*1-2H3/b16-14-,17-15+;;. The zero-order chi connectivity index (χ0) is 19.4. The molecule has 23 heavy (non-hydrogen) atoms. The van der Waals surface area contributed by atoms with Crippen molar-refractivity contribution in [2.75, 3.05) is 6.61 Å². The van der Waals surface area contributed by atoms with Crippen LogP contribution in [0.25, 0.3) is 0 Å². The van der Waals surface area contributed by atoms with Crippen molar-refractivity contribution >= 4 is 0 Å². The topological polar surface area (TPSA) is 20.2 Å². The lowest BCUT2D eigenvalue weighted by Crippen LogP contribution is -2.15. The Morgan fingerprint density at radius 2 is 1.30 bits per heavy atom. The predicted molar refractivity (Wildman–Crippen MR) is 109 cm³/mol. The van der Waals surface area contributed by atoms with Crippen LogP contribution in [0.15, 0.2) is 22.3 Å². The molecule has 0 spiro atoms. The highest BCUT2D eigenvalue weighted by Crippen LogP contribution is 2.35. The molecule has 0 aliphatic carbocycles. The Hall–Kier alpha value is -0.560. The molecule has 0 aliphatic rings. The summed E-state index contributed by atoms with van der Waals surface area (Å²) in [4.78, 5) is 0. The van der Waals surface area contributed by atoms with E-state index in [-0.39, 0.29) is 12.0 Å². The van der Waals surface area contributed by atoms with Crippen molar-refractivity contribution in [3.63, 3.8) is 0 Å². The van der Waals surface area contributed by atoms with Crippen LogP contribution in [0.3, 0.4) is 0 Å². The van der Waals surface area contributed by atoms with Crippen molar-refractivity contribution in [3.05, 3.63) is 22.3 Å². The molecule has 0 aromatic carbocycles. The van der Waals surface area contributed by atoms with Gasteiger partial charge in [-0.1, -0.05) is 87.3 Å². The van der Waals surface area contributed by atoms with E-state index in [1.54, 1.807) is 0 Å². The van der Waals surface area contributed by atoms with Crippen LogP contribution in [0.2, 0.25) is 0 Å². The molecule has 1 atom stereocenters. The third-order valence-electron chi connectivity index (χ3n) is 4.48. The lowest BCUT2D eigenvalue weighted by atomic mass is 9.78. The average Bonchev–Trinajstić information content (AvgIpc) is 2.50. The first-order valence-corrected chi connectivity index (χ1v) is 9.58. The van der Waals surface area contributed by atoms with E-state index in [1.807, 2.05) is 27.7 Å². The zero-order valence-corrected chi connectivity index (χ0v) is 18.5. The Morgan fingerprint density at radius 3 is 1.52 bits per heavy atom. The van der Waals surface area contributed by atoms with Gasteiger partial charge in [0.15, 0.2) is 0 Å². The molecule has 140 valence electrons. The van der Waals surface area contributed by atoms with Crippen molar-refractivity contribution in [2.45, 2.75) is 96.4 Å². The largest absolute Gasteiger partial charge is 0.392 e. The van der Waals surface area contributed by atoms with E-state index in [9.17, 15) is 5.11 Å². The van der Waals surface area contributed by atoms with Gasteiger partial charge in [0.05, 0.1) is 6.61 Å². The van der Waals surface area contributed by atoms with Gasteiger partial charge in [-0.05, 0) is 48.7 Å². The maximum atomic E-state index is 9.82. The molecule has 0 fully saturated rings. The summed E-state index contributed by atoms with van der Waals surface area (Å²) in [6.45, 7) is 28.2. The third-order valence-corrected chi connectivity index (χ3v) is 4.48. The van der Waals surface area contributed by atoms with Crippen molar-refractivity contribution in [1.29, 1.82) is 0 Å². The van der Waals surface area contributed by atoms with Gasteiger partial charge >= 0.3 is 0 Å². The molecule has 1 nitrogen and oxygen atoms in total. The molecule has 1 unspecified atom stereocenters. The number of aliphatic hydroxyl groups is 1. The van der Waals surface area contributed by atoms with Gasteiger partial charge in [0, 0.05) is 0 Å². The van der Waals surface area contributed by atoms with Crippen LogP contribution < -0.4 is 0 Å². The smallest absolute Gasteiger partial charge is 0.0683 e. The second-order valence-corrected chi connectivity index (χ2v) is 7.06. The first kappa shape index (κ1) is 27.3. The van der Waals surface area contributed by atoms with Gasteiger partial charge in [-0.25, -0.2) is 0 Å². The number of hydrogen-bond donors (Lipinski definition) is 1. The van der Waals surface area contributed by atoms with Crippen molar-refractivity contribution in [1.82, 2.24) is 0 Å². The summed E-state index contributed by atoms with van der Waals surface area (Å²) >= 11 is 0. The van der Waals surface area contributed by atoms with Crippen LogP contribution >= 0.6 is 0 Å². The van der Waals surface area contributed by atoms with Crippen LogP contribution in [0, 0.1) is 17.3 Å². The van der Waals surface area contributed by atoms with Crippen LogP contribution in [0.4, 0.5) is 0 Å². The molecule has 0 rings (SSSR count). The number of rotatable bonds is 5. The first-order valence-electron chi connectivity index (χ1n) is 9.58. The highest BCUT2D eigenvalue weighted by Gasteiger charge is 2.21. The van der Waals surface area contributed by atoms with Gasteiger partial charge in [0.2, 0.25) is 0 Å². The van der Waals surface area contributed by atoms with Crippen LogP contribution in [-0.2, 0) is 0 Å². The summed E-state index contributed by atoms with van der Waals surface area (Å²) in [7, 11) is 0. The van der Waals surface area contributed by atoms with Gasteiger partial charge < -0.3 is 5.11 Å². The number of aliphatic hydroxyl groups excluding tert-OH is 1. The number of hydrogen-bond acceptors (Lipinski definition) is 1. The predicted octanol–water partition coefficient (Wildman–Crippen LogP) is 7.41. The minimum atomic E-state index is 0.147. The summed E-state index contributed by atoms with van der Waals surface area (Å²) in [6, 6.07) is 0. The van der Waals surface area contributed by atoms with Crippen LogP contribution in [0.5, 0.6) is 0 Å². The molecule has 0 saturated carbocycles. The van der Waals surface area contributed by atoms with Crippen molar-refractivity contribution < 1.29 is 5.11 Å². The minimum absolute atomic E-state index is 0.147. The minimum Gasteiger partial charge on any atom is -0.392 e. The van der Waals surface area contributed by atoms with Gasteiger partial charge in [0.1, 0.15) is 0 Å². The molecule has 0 bridgehead atoms. The molecule has 1 N–H and O–H groups in total. The van der Waals surface area contributed by atoms with Gasteiger partial charge in [-0.15, -0.1) is 0 Å². The third kappa shape index (κ3) is 9.35. The normalized spacial score (nSPS) is 14.7. The summed E-state index contributed by atoms with van der Waals surface area (Å²) in [5, 5.41) is 9.82. The summed E-state index contributed by atoms with van der Waals surface area (Å²) < 4.78 is 0. The van der Waals surface area contributed by atoms with Crippen LogP contribution in [-0.4, -0.2) is 11.7 Å². The quantitative estimate of drug-likeness (QED) is 0.521. The second-order valence-electron chi connectivity index (χ2n) is 7.06. The Labute approximate surface area is 148 Å². The fourth-order valence-electron chi connectivity index (χ4n) is 2.85. The summed E-state index contributed by atoms with van der Waals surface area (Å²) in [5.74, 6) is 1.12. The second kappa shape index (κ2) is 13.8. The van der Waals surface area contributed by atoms with E-state index in [1.165, 1.54) is 16.7 Å². The Morgan fingerprint density at radius 1 is 0.913 bits per heavy atom. The lowest BCUT2D eigenvalue weighted by molar-refractivity contribution is 0.327. The van der Waals surface area contributed by atoms with E-state index >= 15 is 0 Å². The van der Waals surface area contributed by atoms with E-state index in [2.05, 4.69) is 62.3 Å². The van der Waals surface area contributed by atoms with Crippen molar-refractivity contribution in [2.24, 2.45) is 17.3 Å². The SMILES string of the molecule is CC.CC.CC/C(=C(C)\C(CO)=C(\C)C(C)C(C)C)C(C)(C)C. The Kier molecular flexibility index (Phi) is 16.4. The molecular weight excluding hydrogens is 280 g/mol. The highest BCUT2D eigenvalue weighted by atomic mass is 16.3. The van der Waals surface area contributed by atoms with Gasteiger partial charge in [-0.2, -0.15) is 0 Å². The molecule has 0 saturated heterocycles. The van der Waals surface area contributed by atoms with E-state index in [4.69, 9.17) is 0 Å². The maximum absolute atomic E-state index is 9.82. The Bertz CT molecular complexity index is 351. The van der Waals surface area contributed by atoms with E-state index in [0.717, 1.165) is 12.0 Å². The molecule has 0 heterocycles. The lowest BCUT2D eigenvalue weighted by Gasteiger charge is -2.28. The molecule has 0 radical (unpaired) electrons. The average molecular weight is 327 g/mol. The fourth-order valence-corrected chi connectivity index (χ4v) is 2.85. The fraction of sp³-hybridized carbons (Fsp3) is 0.818. The van der Waals surface area contributed by atoms with E-state index < -0.39 is 0 Å². The zero-order valence-electron chi connectivity index (χ0n) is 18.5. The molecule has 1 heteroatoms. The molecule has 0 aliphatic heterocycles. The highest BCUT2D eigenvalue weighted by molar-refractivity contribution is 5.40. The molecule has 0 amide bonds. The van der Waals surface area contributed by atoms with Crippen LogP contribution in [0.1, 0.15) is 96.4 Å². The first-order chi connectivity index (χ1) is 10.6. The van der Waals surface area contributed by atoms with Gasteiger partial charge in [0.25, 0.3) is 0 Å². The Balaban J connectivity index is -0.000000919. The molecular formula is C22H46O. The number of allylic oxidation sites excluding steroid dienone is 2. The molecule has 0 aromatic rings. The van der Waals surface area contributed by atoms with E-state index in [0.29, 0.717) is 11.8 Å². The van der Waals surface area contributed by atoms with Crippen molar-refractivity contribution in [3.8, 4) is 0 Å².